The summed E-state index contributed by atoms with van der Waals surface area (Å²) in [6, 6.07) is 8.60. The van der Waals surface area contributed by atoms with Gasteiger partial charge in [0.05, 0.1) is 7.11 Å². The molecule has 3 heteroatoms. The summed E-state index contributed by atoms with van der Waals surface area (Å²) in [5.41, 5.74) is 7.09. The van der Waals surface area contributed by atoms with Gasteiger partial charge in [-0.1, -0.05) is 18.2 Å². The molecule has 0 saturated carbocycles. The van der Waals surface area contributed by atoms with Crippen LogP contribution in [0.2, 0.25) is 0 Å². The SMILES string of the molecule is COc1ccccc1CC(C)N(C)C(C)(C)CN. The van der Waals surface area contributed by atoms with Gasteiger partial charge >= 0.3 is 0 Å². The fraction of sp³-hybridized carbons (Fsp3) is 0.600. The fourth-order valence-electron chi connectivity index (χ4n) is 2.07. The normalized spacial score (nSPS) is 13.7. The smallest absolute Gasteiger partial charge is 0.122 e. The van der Waals surface area contributed by atoms with Gasteiger partial charge in [0.25, 0.3) is 0 Å². The summed E-state index contributed by atoms with van der Waals surface area (Å²) in [5.74, 6) is 0.961. The molecule has 0 aliphatic heterocycles. The molecule has 1 aromatic rings. The molecule has 0 spiro atoms. The number of likely N-dealkylation sites (N-methyl/N-ethyl adjacent to an activating group) is 1. The zero-order valence-electron chi connectivity index (χ0n) is 12.2. The van der Waals surface area contributed by atoms with Gasteiger partial charge in [-0.3, -0.25) is 4.90 Å². The highest BCUT2D eigenvalue weighted by molar-refractivity contribution is 5.33. The van der Waals surface area contributed by atoms with E-state index in [0.717, 1.165) is 12.2 Å². The van der Waals surface area contributed by atoms with E-state index in [0.29, 0.717) is 12.6 Å². The van der Waals surface area contributed by atoms with Crippen LogP contribution in [0.4, 0.5) is 0 Å². The zero-order valence-corrected chi connectivity index (χ0v) is 12.2. The van der Waals surface area contributed by atoms with Crippen molar-refractivity contribution in [3.63, 3.8) is 0 Å². The summed E-state index contributed by atoms with van der Waals surface area (Å²) in [5, 5.41) is 0. The number of ether oxygens (including phenoxy) is 1. The molecule has 0 bridgehead atoms. The molecule has 0 saturated heterocycles. The number of benzene rings is 1. The largest absolute Gasteiger partial charge is 0.496 e. The zero-order chi connectivity index (χ0) is 13.8. The second-order valence-electron chi connectivity index (χ2n) is 5.49. The lowest BCUT2D eigenvalue weighted by Gasteiger charge is -2.39. The monoisotopic (exact) mass is 250 g/mol. The Morgan fingerprint density at radius 2 is 1.94 bits per heavy atom. The molecule has 102 valence electrons. The minimum absolute atomic E-state index is 0.0153. The molecule has 0 amide bonds. The predicted molar refractivity (Wildman–Crippen MR) is 77.1 cm³/mol. The van der Waals surface area contributed by atoms with Crippen LogP contribution in [0.3, 0.4) is 0 Å². The van der Waals surface area contributed by atoms with Gasteiger partial charge in [-0.2, -0.15) is 0 Å². The van der Waals surface area contributed by atoms with Crippen molar-refractivity contribution in [1.82, 2.24) is 4.90 Å². The number of hydrogen-bond donors (Lipinski definition) is 1. The second kappa shape index (κ2) is 6.21. The molecule has 0 aromatic heterocycles. The molecular weight excluding hydrogens is 224 g/mol. The average Bonchev–Trinajstić information content (AvgIpc) is 2.38. The van der Waals surface area contributed by atoms with E-state index in [2.05, 4.69) is 44.9 Å². The Hall–Kier alpha value is -1.06. The Morgan fingerprint density at radius 1 is 1.33 bits per heavy atom. The van der Waals surface area contributed by atoms with Crippen LogP contribution in [0, 0.1) is 0 Å². The average molecular weight is 250 g/mol. The number of nitrogens with zero attached hydrogens (tertiary/aromatic N) is 1. The van der Waals surface area contributed by atoms with Crippen LogP contribution < -0.4 is 10.5 Å². The van der Waals surface area contributed by atoms with Gasteiger partial charge in [-0.25, -0.2) is 0 Å². The third-order valence-corrected chi connectivity index (χ3v) is 3.82. The number of para-hydroxylation sites is 1. The Balaban J connectivity index is 2.78. The van der Waals surface area contributed by atoms with Gasteiger partial charge in [-0.15, -0.1) is 0 Å². The summed E-state index contributed by atoms with van der Waals surface area (Å²) in [7, 11) is 3.85. The number of nitrogens with two attached hydrogens (primary N) is 1. The second-order valence-corrected chi connectivity index (χ2v) is 5.49. The van der Waals surface area contributed by atoms with Gasteiger partial charge in [0.1, 0.15) is 5.75 Å². The molecule has 1 atom stereocenters. The summed E-state index contributed by atoms with van der Waals surface area (Å²) >= 11 is 0. The lowest BCUT2D eigenvalue weighted by Crippen LogP contribution is -2.51. The third-order valence-electron chi connectivity index (χ3n) is 3.82. The molecule has 1 aromatic carbocycles. The van der Waals surface area contributed by atoms with Crippen LogP contribution in [0.5, 0.6) is 5.75 Å². The lowest BCUT2D eigenvalue weighted by molar-refractivity contribution is 0.116. The maximum Gasteiger partial charge on any atom is 0.122 e. The van der Waals surface area contributed by atoms with Gasteiger partial charge in [0, 0.05) is 18.1 Å². The van der Waals surface area contributed by atoms with Crippen LogP contribution >= 0.6 is 0 Å². The van der Waals surface area contributed by atoms with Crippen LogP contribution in [0.15, 0.2) is 24.3 Å². The molecule has 0 aliphatic rings. The van der Waals surface area contributed by atoms with Gasteiger partial charge in [0.2, 0.25) is 0 Å². The minimum Gasteiger partial charge on any atom is -0.496 e. The van der Waals surface area contributed by atoms with Crippen molar-refractivity contribution >= 4 is 0 Å². The van der Waals surface area contributed by atoms with E-state index in [1.807, 2.05) is 12.1 Å². The number of rotatable bonds is 6. The Kier molecular flexibility index (Phi) is 5.17. The van der Waals surface area contributed by atoms with Crippen LogP contribution in [0.25, 0.3) is 0 Å². The van der Waals surface area contributed by atoms with Gasteiger partial charge < -0.3 is 10.5 Å². The molecule has 1 unspecified atom stereocenters. The molecule has 2 N–H and O–H groups in total. The molecule has 3 nitrogen and oxygen atoms in total. The highest BCUT2D eigenvalue weighted by atomic mass is 16.5. The maximum atomic E-state index is 5.83. The minimum atomic E-state index is 0.0153. The molecular formula is C15H26N2O. The molecule has 0 aliphatic carbocycles. The Bertz CT molecular complexity index is 377. The van der Waals surface area contributed by atoms with E-state index in [9.17, 15) is 0 Å². The lowest BCUT2D eigenvalue weighted by atomic mass is 9.98. The maximum absolute atomic E-state index is 5.83. The summed E-state index contributed by atoms with van der Waals surface area (Å²) in [6.45, 7) is 7.22. The van der Waals surface area contributed by atoms with Crippen molar-refractivity contribution in [2.45, 2.75) is 38.8 Å². The van der Waals surface area contributed by atoms with E-state index < -0.39 is 0 Å². The van der Waals surface area contributed by atoms with Crippen molar-refractivity contribution in [2.75, 3.05) is 20.7 Å². The summed E-state index contributed by atoms with van der Waals surface area (Å²) < 4.78 is 5.39. The third kappa shape index (κ3) is 3.47. The van der Waals surface area contributed by atoms with Crippen molar-refractivity contribution in [3.8, 4) is 5.75 Å². The fourth-order valence-corrected chi connectivity index (χ4v) is 2.07. The van der Waals surface area contributed by atoms with E-state index in [4.69, 9.17) is 10.5 Å². The van der Waals surface area contributed by atoms with Crippen LogP contribution in [-0.4, -0.2) is 37.2 Å². The molecule has 1 rings (SSSR count). The van der Waals surface area contributed by atoms with E-state index in [1.54, 1.807) is 7.11 Å². The number of hydrogen-bond acceptors (Lipinski definition) is 3. The first-order chi connectivity index (χ1) is 8.42. The molecule has 0 radical (unpaired) electrons. The Labute approximate surface area is 111 Å². The Morgan fingerprint density at radius 3 is 2.50 bits per heavy atom. The van der Waals surface area contributed by atoms with Crippen molar-refractivity contribution in [3.05, 3.63) is 29.8 Å². The first-order valence-corrected chi connectivity index (χ1v) is 6.47. The van der Waals surface area contributed by atoms with Crippen molar-refractivity contribution in [1.29, 1.82) is 0 Å². The number of methoxy groups -OCH3 is 1. The quantitative estimate of drug-likeness (QED) is 0.842. The standard InChI is InChI=1S/C15H26N2O/c1-12(17(4)15(2,3)11-16)10-13-8-6-7-9-14(13)18-5/h6-9,12H,10-11,16H2,1-5H3. The van der Waals surface area contributed by atoms with E-state index >= 15 is 0 Å². The highest BCUT2D eigenvalue weighted by Gasteiger charge is 2.26. The molecule has 0 heterocycles. The van der Waals surface area contributed by atoms with Crippen LogP contribution in [-0.2, 0) is 6.42 Å². The molecule has 0 fully saturated rings. The highest BCUT2D eigenvalue weighted by Crippen LogP contribution is 2.22. The van der Waals surface area contributed by atoms with Crippen molar-refractivity contribution < 1.29 is 4.74 Å². The first-order valence-electron chi connectivity index (χ1n) is 6.47. The topological polar surface area (TPSA) is 38.5 Å². The first kappa shape index (κ1) is 15.0. The molecule has 18 heavy (non-hydrogen) atoms. The van der Waals surface area contributed by atoms with E-state index in [-0.39, 0.29) is 5.54 Å². The summed E-state index contributed by atoms with van der Waals surface area (Å²) in [6.07, 6.45) is 0.962. The van der Waals surface area contributed by atoms with E-state index in [1.165, 1.54) is 5.56 Å². The van der Waals surface area contributed by atoms with Gasteiger partial charge in [-0.05, 0) is 45.9 Å². The predicted octanol–water partition coefficient (Wildman–Crippen LogP) is 2.30. The summed E-state index contributed by atoms with van der Waals surface area (Å²) in [4.78, 5) is 2.33. The van der Waals surface area contributed by atoms with Crippen molar-refractivity contribution in [2.24, 2.45) is 5.73 Å². The van der Waals surface area contributed by atoms with Gasteiger partial charge in [0.15, 0.2) is 0 Å². The van der Waals surface area contributed by atoms with Crippen LogP contribution in [0.1, 0.15) is 26.3 Å².